The average Bonchev–Trinajstić information content (AvgIpc) is 2.93. The van der Waals surface area contributed by atoms with Gasteiger partial charge >= 0.3 is 0 Å². The largest absolute Gasteiger partial charge is 0.310 e. The highest BCUT2D eigenvalue weighted by molar-refractivity contribution is 7.99. The van der Waals surface area contributed by atoms with Gasteiger partial charge in [0.1, 0.15) is 5.82 Å². The summed E-state index contributed by atoms with van der Waals surface area (Å²) < 4.78 is 3.34. The first-order chi connectivity index (χ1) is 9.77. The molecule has 0 spiro atoms. The van der Waals surface area contributed by atoms with Gasteiger partial charge in [0.05, 0.1) is 17.0 Å². The van der Waals surface area contributed by atoms with Gasteiger partial charge in [0, 0.05) is 13.1 Å². The van der Waals surface area contributed by atoms with Crippen LogP contribution in [0.25, 0.3) is 0 Å². The Labute approximate surface area is 127 Å². The van der Waals surface area contributed by atoms with E-state index in [1.807, 2.05) is 33.8 Å². The fourth-order valence-electron chi connectivity index (χ4n) is 1.73. The maximum absolute atomic E-state index is 12.0. The first-order valence-electron chi connectivity index (χ1n) is 6.49. The SMILES string of the molecule is Cc1cc(NC(=O)CSc2nnnn2C(C)(C)C)n(C)n1. The van der Waals surface area contributed by atoms with Gasteiger partial charge in [-0.3, -0.25) is 9.48 Å². The van der Waals surface area contributed by atoms with Crippen LogP contribution in [0, 0.1) is 6.92 Å². The molecular weight excluding hydrogens is 290 g/mol. The van der Waals surface area contributed by atoms with Crippen molar-refractivity contribution in [1.82, 2.24) is 30.0 Å². The van der Waals surface area contributed by atoms with Crippen LogP contribution in [0.4, 0.5) is 5.82 Å². The van der Waals surface area contributed by atoms with Gasteiger partial charge in [0.2, 0.25) is 11.1 Å². The lowest BCUT2D eigenvalue weighted by atomic mass is 10.1. The minimum atomic E-state index is -0.221. The summed E-state index contributed by atoms with van der Waals surface area (Å²) in [5.74, 6) is 0.792. The van der Waals surface area contributed by atoms with Crippen LogP contribution in [-0.4, -0.2) is 41.6 Å². The fourth-order valence-corrected chi connectivity index (χ4v) is 2.59. The van der Waals surface area contributed by atoms with Crippen molar-refractivity contribution in [1.29, 1.82) is 0 Å². The third-order valence-electron chi connectivity index (χ3n) is 2.68. The standard InChI is InChI=1S/C12H19N7OS/c1-8-6-9(18(5)15-8)13-10(20)7-21-11-14-16-17-19(11)12(2,3)4/h6H,7H2,1-5H3,(H,13,20). The molecule has 2 rings (SSSR count). The highest BCUT2D eigenvalue weighted by Crippen LogP contribution is 2.21. The molecule has 9 heteroatoms. The normalized spacial score (nSPS) is 11.7. The number of aryl methyl sites for hydroxylation is 2. The number of hydrogen-bond donors (Lipinski definition) is 1. The molecule has 114 valence electrons. The molecule has 0 saturated carbocycles. The Morgan fingerprint density at radius 2 is 2.14 bits per heavy atom. The molecule has 0 unspecified atom stereocenters. The summed E-state index contributed by atoms with van der Waals surface area (Å²) in [6, 6.07) is 1.82. The lowest BCUT2D eigenvalue weighted by Crippen LogP contribution is -2.25. The number of nitrogens with one attached hydrogen (secondary N) is 1. The molecule has 0 fully saturated rings. The van der Waals surface area contributed by atoms with Crippen LogP contribution in [0.2, 0.25) is 0 Å². The number of amides is 1. The van der Waals surface area contributed by atoms with Gasteiger partial charge < -0.3 is 5.32 Å². The van der Waals surface area contributed by atoms with Gasteiger partial charge in [-0.25, -0.2) is 4.68 Å². The maximum Gasteiger partial charge on any atom is 0.235 e. The molecule has 2 aromatic rings. The van der Waals surface area contributed by atoms with Crippen molar-refractivity contribution < 1.29 is 4.79 Å². The summed E-state index contributed by atoms with van der Waals surface area (Å²) >= 11 is 1.31. The van der Waals surface area contributed by atoms with Gasteiger partial charge in [0.25, 0.3) is 0 Å². The van der Waals surface area contributed by atoms with Crippen LogP contribution in [0.3, 0.4) is 0 Å². The molecular formula is C12H19N7OS. The molecule has 0 radical (unpaired) electrons. The van der Waals surface area contributed by atoms with E-state index in [0.717, 1.165) is 5.69 Å². The van der Waals surface area contributed by atoms with Gasteiger partial charge in [-0.1, -0.05) is 11.8 Å². The quantitative estimate of drug-likeness (QED) is 0.853. The molecule has 0 bridgehead atoms. The minimum absolute atomic E-state index is 0.119. The van der Waals surface area contributed by atoms with Crippen LogP contribution >= 0.6 is 11.8 Å². The highest BCUT2D eigenvalue weighted by Gasteiger charge is 2.20. The molecule has 0 aliphatic rings. The number of anilines is 1. The lowest BCUT2D eigenvalue weighted by Gasteiger charge is -2.19. The van der Waals surface area contributed by atoms with Crippen molar-refractivity contribution in [3.8, 4) is 0 Å². The third kappa shape index (κ3) is 3.81. The minimum Gasteiger partial charge on any atom is -0.310 e. The fraction of sp³-hybridized carbons (Fsp3) is 0.583. The Balaban J connectivity index is 1.96. The van der Waals surface area contributed by atoms with Crippen LogP contribution in [0.1, 0.15) is 26.5 Å². The Hall–Kier alpha value is -1.90. The number of tetrazole rings is 1. The molecule has 0 aromatic carbocycles. The van der Waals surface area contributed by atoms with Crippen LogP contribution in [0.15, 0.2) is 11.2 Å². The molecule has 21 heavy (non-hydrogen) atoms. The van der Waals surface area contributed by atoms with E-state index in [2.05, 4.69) is 25.9 Å². The van der Waals surface area contributed by atoms with Crippen molar-refractivity contribution in [2.45, 2.75) is 38.4 Å². The average molecular weight is 309 g/mol. The van der Waals surface area contributed by atoms with E-state index in [0.29, 0.717) is 11.0 Å². The van der Waals surface area contributed by atoms with Gasteiger partial charge in [-0.05, 0) is 38.1 Å². The second-order valence-corrected chi connectivity index (χ2v) is 6.62. The number of carbonyl (C=O) groups is 1. The maximum atomic E-state index is 12.0. The number of nitrogens with zero attached hydrogens (tertiary/aromatic N) is 6. The third-order valence-corrected chi connectivity index (χ3v) is 3.60. The second-order valence-electron chi connectivity index (χ2n) is 5.68. The number of carbonyl (C=O) groups excluding carboxylic acids is 1. The van der Waals surface area contributed by atoms with E-state index in [-0.39, 0.29) is 17.2 Å². The van der Waals surface area contributed by atoms with Gasteiger partial charge in [-0.15, -0.1) is 5.10 Å². The summed E-state index contributed by atoms with van der Waals surface area (Å²) in [5.41, 5.74) is 0.638. The van der Waals surface area contributed by atoms with Crippen molar-refractivity contribution in [2.24, 2.45) is 7.05 Å². The molecule has 8 nitrogen and oxygen atoms in total. The predicted molar refractivity (Wildman–Crippen MR) is 80.1 cm³/mol. The lowest BCUT2D eigenvalue weighted by molar-refractivity contribution is -0.113. The van der Waals surface area contributed by atoms with E-state index >= 15 is 0 Å². The monoisotopic (exact) mass is 309 g/mol. The molecule has 0 saturated heterocycles. The van der Waals surface area contributed by atoms with Crippen molar-refractivity contribution in [2.75, 3.05) is 11.1 Å². The zero-order chi connectivity index (χ0) is 15.6. The van der Waals surface area contributed by atoms with Crippen LogP contribution in [0.5, 0.6) is 0 Å². The van der Waals surface area contributed by atoms with Gasteiger partial charge in [-0.2, -0.15) is 5.10 Å². The predicted octanol–water partition coefficient (Wildman–Crippen LogP) is 1.20. The summed E-state index contributed by atoms with van der Waals surface area (Å²) in [7, 11) is 1.79. The zero-order valence-electron chi connectivity index (χ0n) is 12.8. The van der Waals surface area contributed by atoms with Crippen molar-refractivity contribution in [3.05, 3.63) is 11.8 Å². The van der Waals surface area contributed by atoms with E-state index in [1.165, 1.54) is 11.8 Å². The van der Waals surface area contributed by atoms with E-state index in [4.69, 9.17) is 0 Å². The summed E-state index contributed by atoms with van der Waals surface area (Å²) in [6.45, 7) is 7.89. The first kappa shape index (κ1) is 15.5. The van der Waals surface area contributed by atoms with Crippen molar-refractivity contribution in [3.63, 3.8) is 0 Å². The molecule has 0 aliphatic carbocycles. The number of hydrogen-bond acceptors (Lipinski definition) is 6. The second kappa shape index (κ2) is 5.84. The number of thioether (sulfide) groups is 1. The molecule has 1 amide bonds. The van der Waals surface area contributed by atoms with Crippen LogP contribution < -0.4 is 5.32 Å². The first-order valence-corrected chi connectivity index (χ1v) is 7.48. The Kier molecular flexibility index (Phi) is 4.31. The van der Waals surface area contributed by atoms with Crippen molar-refractivity contribution >= 4 is 23.5 Å². The zero-order valence-corrected chi connectivity index (χ0v) is 13.6. The highest BCUT2D eigenvalue weighted by atomic mass is 32.2. The van der Waals surface area contributed by atoms with Crippen LogP contribution in [-0.2, 0) is 17.4 Å². The Bertz CT molecular complexity index is 640. The molecule has 2 aromatic heterocycles. The number of rotatable bonds is 4. The topological polar surface area (TPSA) is 90.5 Å². The van der Waals surface area contributed by atoms with E-state index in [1.54, 1.807) is 16.4 Å². The van der Waals surface area contributed by atoms with E-state index in [9.17, 15) is 4.79 Å². The smallest absolute Gasteiger partial charge is 0.235 e. The molecule has 2 heterocycles. The summed E-state index contributed by atoms with van der Waals surface area (Å²) in [5, 5.41) is 19.2. The van der Waals surface area contributed by atoms with Gasteiger partial charge in [0.15, 0.2) is 0 Å². The Morgan fingerprint density at radius 1 is 1.43 bits per heavy atom. The number of aromatic nitrogens is 6. The van der Waals surface area contributed by atoms with E-state index < -0.39 is 0 Å². The molecule has 0 atom stereocenters. The molecule has 1 N–H and O–H groups in total. The summed E-state index contributed by atoms with van der Waals surface area (Å²) in [6.07, 6.45) is 0. The summed E-state index contributed by atoms with van der Waals surface area (Å²) in [4.78, 5) is 12.0. The Morgan fingerprint density at radius 3 is 2.71 bits per heavy atom. The molecule has 0 aliphatic heterocycles.